The van der Waals surface area contributed by atoms with Gasteiger partial charge < -0.3 is 0 Å². The van der Waals surface area contributed by atoms with Gasteiger partial charge in [0.2, 0.25) is 0 Å². The summed E-state index contributed by atoms with van der Waals surface area (Å²) in [6.07, 6.45) is -2.32. The molecule has 0 fully saturated rings. The first-order valence-electron chi connectivity index (χ1n) is 12.9. The van der Waals surface area contributed by atoms with Crippen LogP contribution in [0.15, 0.2) is 0 Å². The predicted molar refractivity (Wildman–Crippen MR) is 134 cm³/mol. The average Bonchev–Trinajstić information content (AvgIpc) is 2.84. The predicted octanol–water partition coefficient (Wildman–Crippen LogP) is 7.03. The third kappa shape index (κ3) is 6.53. The fourth-order valence-corrected chi connectivity index (χ4v) is 10.8. The Bertz CT molecular complexity index is 674. The van der Waals surface area contributed by atoms with E-state index in [4.69, 9.17) is 4.52 Å². The Labute approximate surface area is 217 Å². The van der Waals surface area contributed by atoms with Gasteiger partial charge in [0.05, 0.1) is 0 Å². The molecule has 224 valence electrons. The van der Waals surface area contributed by atoms with Crippen molar-refractivity contribution >= 4 is 13.4 Å². The third-order valence-corrected chi connectivity index (χ3v) is 13.3. The van der Waals surface area contributed by atoms with Crippen molar-refractivity contribution in [2.45, 2.75) is 91.2 Å². The van der Waals surface area contributed by atoms with Gasteiger partial charge in [0, 0.05) is 0 Å². The van der Waals surface area contributed by atoms with E-state index >= 15 is 0 Å². The first kappa shape index (κ1) is 36.2. The van der Waals surface area contributed by atoms with Crippen molar-refractivity contribution in [1.29, 1.82) is 0 Å². The number of rotatable bonds is 18. The van der Waals surface area contributed by atoms with E-state index in [0.717, 1.165) is 25.7 Å². The van der Waals surface area contributed by atoms with Gasteiger partial charge in [0.15, 0.2) is 0 Å². The minimum absolute atomic E-state index is 0.138. The third-order valence-electron chi connectivity index (χ3n) is 6.95. The second-order valence-electron chi connectivity index (χ2n) is 9.18. The zero-order chi connectivity index (χ0) is 29.3. The van der Waals surface area contributed by atoms with Crippen LogP contribution in [0.1, 0.15) is 73.1 Å². The molecule has 0 aromatic heterocycles. The SMILES string of the molecule is CCCCCN(CCCCC)P(OC(=O)C(F)(F)C(F)(F)C(F)(F)F)(N(C)CC)(N(C)CC)N(C)CC. The molecule has 0 saturated carbocycles. The molecule has 0 rings (SSSR count). The number of carbonyl (C=O) groups is 1. The van der Waals surface area contributed by atoms with Crippen LogP contribution in [0.25, 0.3) is 0 Å². The van der Waals surface area contributed by atoms with E-state index in [0.29, 0.717) is 12.8 Å². The summed E-state index contributed by atoms with van der Waals surface area (Å²) in [5.41, 5.74) is 0. The Balaban J connectivity index is 7.47. The number of hydrogen-bond acceptors (Lipinski definition) is 6. The van der Waals surface area contributed by atoms with Crippen LogP contribution >= 0.6 is 7.43 Å². The van der Waals surface area contributed by atoms with E-state index in [2.05, 4.69) is 0 Å². The maximum absolute atomic E-state index is 14.8. The molecular weight excluding hydrogens is 528 g/mol. The Morgan fingerprint density at radius 2 is 1.03 bits per heavy atom. The molecule has 0 spiro atoms. The van der Waals surface area contributed by atoms with Gasteiger partial charge in [-0.15, -0.1) is 0 Å². The van der Waals surface area contributed by atoms with Crippen molar-refractivity contribution in [1.82, 2.24) is 18.7 Å². The molecule has 0 aromatic carbocycles. The van der Waals surface area contributed by atoms with Crippen LogP contribution < -0.4 is 0 Å². The van der Waals surface area contributed by atoms with Gasteiger partial charge in [-0.05, 0) is 0 Å². The molecule has 6 nitrogen and oxygen atoms in total. The van der Waals surface area contributed by atoms with Gasteiger partial charge in [-0.2, -0.15) is 0 Å². The summed E-state index contributed by atoms with van der Waals surface area (Å²) in [7, 11) is -0.350. The molecule has 37 heavy (non-hydrogen) atoms. The molecule has 0 radical (unpaired) electrons. The average molecular weight is 575 g/mol. The summed E-state index contributed by atoms with van der Waals surface area (Å²) in [6.45, 7) is 9.93. The molecule has 0 unspecified atom stereocenters. The van der Waals surface area contributed by atoms with E-state index in [1.807, 2.05) is 13.8 Å². The Morgan fingerprint density at radius 3 is 1.30 bits per heavy atom. The van der Waals surface area contributed by atoms with Gasteiger partial charge in [-0.25, -0.2) is 0 Å². The normalized spacial score (nSPS) is 15.1. The fourth-order valence-electron chi connectivity index (χ4n) is 4.50. The van der Waals surface area contributed by atoms with Gasteiger partial charge in [0.25, 0.3) is 0 Å². The van der Waals surface area contributed by atoms with E-state index in [1.165, 1.54) is 35.2 Å². The summed E-state index contributed by atoms with van der Waals surface area (Å²) in [4.78, 5) is 13.0. The van der Waals surface area contributed by atoms with Crippen LogP contribution in [0.5, 0.6) is 0 Å². The molecule has 0 heterocycles. The topological polar surface area (TPSA) is 39.3 Å². The van der Waals surface area contributed by atoms with Crippen LogP contribution in [0, 0.1) is 0 Å². The summed E-state index contributed by atoms with van der Waals surface area (Å²) < 4.78 is 108. The molecule has 0 amide bonds. The van der Waals surface area contributed by atoms with Crippen LogP contribution in [-0.4, -0.2) is 96.5 Å². The second-order valence-corrected chi connectivity index (χ2v) is 13.7. The molecule has 0 atom stereocenters. The quantitative estimate of drug-likeness (QED) is 0.0995. The van der Waals surface area contributed by atoms with Crippen molar-refractivity contribution < 1.29 is 40.1 Å². The molecule has 0 N–H and O–H groups in total. The molecule has 0 aliphatic heterocycles. The van der Waals surface area contributed by atoms with Crippen molar-refractivity contribution in [3.05, 3.63) is 0 Å². The van der Waals surface area contributed by atoms with Gasteiger partial charge in [0.1, 0.15) is 0 Å². The van der Waals surface area contributed by atoms with Gasteiger partial charge in [-0.1, -0.05) is 0 Å². The number of carbonyl (C=O) groups excluding carboxylic acids is 1. The first-order chi connectivity index (χ1) is 16.9. The number of halogens is 7. The van der Waals surface area contributed by atoms with Crippen molar-refractivity contribution in [2.75, 3.05) is 53.9 Å². The molecule has 0 aromatic rings. The van der Waals surface area contributed by atoms with E-state index in [1.54, 1.807) is 25.4 Å². The molecule has 0 bridgehead atoms. The van der Waals surface area contributed by atoms with Crippen molar-refractivity contribution in [3.63, 3.8) is 0 Å². The van der Waals surface area contributed by atoms with E-state index in [-0.39, 0.29) is 32.7 Å². The Kier molecular flexibility index (Phi) is 13.8. The Morgan fingerprint density at radius 1 is 0.676 bits per heavy atom. The van der Waals surface area contributed by atoms with E-state index in [9.17, 15) is 35.5 Å². The second kappa shape index (κ2) is 14.1. The maximum atomic E-state index is 14.8. The molecule has 0 aliphatic rings. The molecular formula is C23H46F7N4O2P. The summed E-state index contributed by atoms with van der Waals surface area (Å²) >= 11 is 0. The van der Waals surface area contributed by atoms with Gasteiger partial charge in [-0.3, -0.25) is 0 Å². The zero-order valence-electron chi connectivity index (χ0n) is 23.5. The van der Waals surface area contributed by atoms with Crippen LogP contribution in [0.2, 0.25) is 0 Å². The monoisotopic (exact) mass is 574 g/mol. The van der Waals surface area contributed by atoms with Crippen LogP contribution in [0.4, 0.5) is 30.7 Å². The Hall–Kier alpha value is -0.750. The molecule has 0 saturated heterocycles. The standard InChI is InChI=1S/C23H46F7N4O2P/c1-9-14-16-18-34(19-17-15-10-2)37(31(6)11-3,32(7)12-4,33(8)13-5)36-20(35)21(24,25)22(26,27)23(28,29)30/h9-19H2,1-8H3. The molecule has 14 heteroatoms. The summed E-state index contributed by atoms with van der Waals surface area (Å²) in [5.74, 6) is -15.7. The minimum atomic E-state index is -6.65. The number of hydrogen-bond donors (Lipinski definition) is 0. The first-order valence-corrected chi connectivity index (χ1v) is 14.9. The number of nitrogens with zero attached hydrogens (tertiary/aromatic N) is 4. The van der Waals surface area contributed by atoms with Crippen molar-refractivity contribution in [3.8, 4) is 0 Å². The number of unbranched alkanes of at least 4 members (excludes halogenated alkanes) is 4. The van der Waals surface area contributed by atoms with Crippen LogP contribution in [-0.2, 0) is 9.32 Å². The van der Waals surface area contributed by atoms with Crippen molar-refractivity contribution in [2.24, 2.45) is 0 Å². The molecule has 0 aliphatic carbocycles. The summed E-state index contributed by atoms with van der Waals surface area (Å²) in [5, 5.41) is 0. The number of alkyl halides is 7. The summed E-state index contributed by atoms with van der Waals surface area (Å²) in [6, 6.07) is 0. The van der Waals surface area contributed by atoms with Gasteiger partial charge >= 0.3 is 217 Å². The van der Waals surface area contributed by atoms with Crippen LogP contribution in [0.3, 0.4) is 0 Å². The fraction of sp³-hybridized carbons (Fsp3) is 0.957. The van der Waals surface area contributed by atoms with E-state index < -0.39 is 31.4 Å². The zero-order valence-corrected chi connectivity index (χ0v) is 24.4.